The molecule has 3 aromatic carbocycles. The molecule has 5 nitrogen and oxygen atoms in total. The van der Waals surface area contributed by atoms with Crippen molar-refractivity contribution in [2.24, 2.45) is 0 Å². The minimum absolute atomic E-state index is 0.0745. The monoisotopic (exact) mass is 406 g/mol. The zero-order valence-electron chi connectivity index (χ0n) is 16.1. The predicted molar refractivity (Wildman–Crippen MR) is 115 cm³/mol. The molecular weight excluding hydrogens is 384 g/mol. The Morgan fingerprint density at radius 3 is 2.45 bits per heavy atom. The minimum atomic E-state index is -3.78. The number of para-hydroxylation sites is 1. The van der Waals surface area contributed by atoms with Crippen molar-refractivity contribution < 1.29 is 13.2 Å². The Morgan fingerprint density at radius 1 is 0.897 bits per heavy atom. The van der Waals surface area contributed by atoms with Gasteiger partial charge in [0.1, 0.15) is 0 Å². The van der Waals surface area contributed by atoms with Gasteiger partial charge in [0.15, 0.2) is 0 Å². The molecule has 1 N–H and O–H groups in total. The Morgan fingerprint density at radius 2 is 1.66 bits per heavy atom. The second-order valence-corrected chi connectivity index (χ2v) is 9.10. The summed E-state index contributed by atoms with van der Waals surface area (Å²) < 4.78 is 27.2. The molecule has 1 amide bonds. The molecule has 4 rings (SSSR count). The molecule has 6 heteroatoms. The highest BCUT2D eigenvalue weighted by Gasteiger charge is 2.22. The molecule has 0 aromatic heterocycles. The SMILES string of the molecule is CN(c1ccccc1)S(=O)(=O)c1cccc(C(=O)Nc2ccc3c(c2)CCC3)c1. The van der Waals surface area contributed by atoms with Gasteiger partial charge in [-0.25, -0.2) is 8.42 Å². The van der Waals surface area contributed by atoms with E-state index in [4.69, 9.17) is 0 Å². The first-order chi connectivity index (χ1) is 13.9. The number of fused-ring (bicyclic) bond motifs is 1. The van der Waals surface area contributed by atoms with Crippen LogP contribution in [0.1, 0.15) is 27.9 Å². The smallest absolute Gasteiger partial charge is 0.264 e. The predicted octanol–water partition coefficient (Wildman–Crippen LogP) is 4.25. The zero-order valence-corrected chi connectivity index (χ0v) is 16.9. The van der Waals surface area contributed by atoms with Gasteiger partial charge in [0.2, 0.25) is 0 Å². The van der Waals surface area contributed by atoms with E-state index in [-0.39, 0.29) is 10.8 Å². The quantitative estimate of drug-likeness (QED) is 0.689. The Hall–Kier alpha value is -3.12. The molecule has 0 saturated heterocycles. The Labute approximate surface area is 171 Å². The van der Waals surface area contributed by atoms with Crippen molar-refractivity contribution in [1.82, 2.24) is 0 Å². The number of benzene rings is 3. The number of hydrogen-bond donors (Lipinski definition) is 1. The zero-order chi connectivity index (χ0) is 20.4. The molecule has 29 heavy (non-hydrogen) atoms. The first-order valence-electron chi connectivity index (χ1n) is 9.52. The van der Waals surface area contributed by atoms with E-state index in [0.717, 1.165) is 24.9 Å². The molecule has 0 radical (unpaired) electrons. The van der Waals surface area contributed by atoms with Crippen molar-refractivity contribution in [3.05, 3.63) is 89.5 Å². The summed E-state index contributed by atoms with van der Waals surface area (Å²) in [5.41, 5.74) is 4.18. The molecule has 0 fully saturated rings. The van der Waals surface area contributed by atoms with Crippen LogP contribution < -0.4 is 9.62 Å². The highest BCUT2D eigenvalue weighted by molar-refractivity contribution is 7.92. The molecule has 0 unspecified atom stereocenters. The number of amides is 1. The molecule has 148 valence electrons. The number of nitrogens with one attached hydrogen (secondary N) is 1. The van der Waals surface area contributed by atoms with Crippen molar-refractivity contribution in [1.29, 1.82) is 0 Å². The summed E-state index contributed by atoms with van der Waals surface area (Å²) in [6, 6.07) is 20.9. The van der Waals surface area contributed by atoms with Crippen LogP contribution in [0.25, 0.3) is 0 Å². The second-order valence-electron chi connectivity index (χ2n) is 7.13. The topological polar surface area (TPSA) is 66.5 Å². The first kappa shape index (κ1) is 19.2. The normalized spacial score (nSPS) is 13.0. The van der Waals surface area contributed by atoms with Crippen LogP contribution in [0.4, 0.5) is 11.4 Å². The maximum absolute atomic E-state index is 13.0. The summed E-state index contributed by atoms with van der Waals surface area (Å²) in [6.45, 7) is 0. The summed E-state index contributed by atoms with van der Waals surface area (Å²) in [5.74, 6) is -0.331. The molecule has 1 aliphatic rings. The number of rotatable bonds is 5. The third-order valence-electron chi connectivity index (χ3n) is 5.23. The molecule has 0 saturated carbocycles. The number of aryl methyl sites for hydroxylation is 2. The molecule has 0 spiro atoms. The van der Waals surface area contributed by atoms with E-state index in [1.807, 2.05) is 24.3 Å². The lowest BCUT2D eigenvalue weighted by molar-refractivity contribution is 0.102. The van der Waals surface area contributed by atoms with Crippen LogP contribution in [-0.4, -0.2) is 21.4 Å². The average Bonchev–Trinajstić information content (AvgIpc) is 3.22. The first-order valence-corrected chi connectivity index (χ1v) is 11.0. The summed E-state index contributed by atoms with van der Waals surface area (Å²) in [4.78, 5) is 12.8. The van der Waals surface area contributed by atoms with Gasteiger partial charge in [-0.1, -0.05) is 30.3 Å². The number of nitrogens with zero attached hydrogens (tertiary/aromatic N) is 1. The number of carbonyl (C=O) groups is 1. The Bertz CT molecular complexity index is 1160. The standard InChI is InChI=1S/C23H22N2O3S/c1-25(21-10-3-2-4-11-21)29(27,28)22-12-6-9-19(16-22)23(26)24-20-14-13-17-7-5-8-18(17)15-20/h2-4,6,9-16H,5,7-8H2,1H3,(H,24,26). The molecular formula is C23H22N2O3S. The lowest BCUT2D eigenvalue weighted by Crippen LogP contribution is -2.26. The van der Waals surface area contributed by atoms with Crippen LogP contribution in [0.2, 0.25) is 0 Å². The van der Waals surface area contributed by atoms with Gasteiger partial charge >= 0.3 is 0 Å². The van der Waals surface area contributed by atoms with E-state index in [0.29, 0.717) is 11.3 Å². The van der Waals surface area contributed by atoms with Crippen LogP contribution in [0.3, 0.4) is 0 Å². The highest BCUT2D eigenvalue weighted by atomic mass is 32.2. The second kappa shape index (κ2) is 7.72. The van der Waals surface area contributed by atoms with E-state index in [9.17, 15) is 13.2 Å². The van der Waals surface area contributed by atoms with Crippen LogP contribution in [0, 0.1) is 0 Å². The van der Waals surface area contributed by atoms with E-state index >= 15 is 0 Å². The van der Waals surface area contributed by atoms with Gasteiger partial charge in [-0.05, 0) is 72.9 Å². The molecule has 1 aliphatic carbocycles. The lowest BCUT2D eigenvalue weighted by Gasteiger charge is -2.19. The Kier molecular flexibility index (Phi) is 5.11. The van der Waals surface area contributed by atoms with Gasteiger partial charge in [-0.15, -0.1) is 0 Å². The third kappa shape index (κ3) is 3.89. The van der Waals surface area contributed by atoms with Crippen molar-refractivity contribution in [3.8, 4) is 0 Å². The minimum Gasteiger partial charge on any atom is -0.322 e. The van der Waals surface area contributed by atoms with Crippen molar-refractivity contribution in [2.75, 3.05) is 16.7 Å². The molecule has 3 aromatic rings. The van der Waals surface area contributed by atoms with Gasteiger partial charge < -0.3 is 5.32 Å². The number of anilines is 2. The highest BCUT2D eigenvalue weighted by Crippen LogP contribution is 2.26. The third-order valence-corrected chi connectivity index (χ3v) is 7.01. The van der Waals surface area contributed by atoms with E-state index in [1.165, 1.54) is 34.6 Å². The fraction of sp³-hybridized carbons (Fsp3) is 0.174. The molecule has 0 heterocycles. The average molecular weight is 407 g/mol. The van der Waals surface area contributed by atoms with Crippen LogP contribution in [0.15, 0.2) is 77.7 Å². The number of sulfonamides is 1. The van der Waals surface area contributed by atoms with Crippen LogP contribution in [0.5, 0.6) is 0 Å². The fourth-order valence-electron chi connectivity index (χ4n) is 3.59. The molecule has 0 atom stereocenters. The Balaban J connectivity index is 1.57. The summed E-state index contributed by atoms with van der Waals surface area (Å²) in [6.07, 6.45) is 3.25. The molecule has 0 aliphatic heterocycles. The van der Waals surface area contributed by atoms with Crippen LogP contribution in [-0.2, 0) is 22.9 Å². The molecule has 0 bridgehead atoms. The summed E-state index contributed by atoms with van der Waals surface area (Å²) in [7, 11) is -2.27. The van der Waals surface area contributed by atoms with Gasteiger partial charge in [0.25, 0.3) is 15.9 Å². The maximum Gasteiger partial charge on any atom is 0.264 e. The van der Waals surface area contributed by atoms with Crippen molar-refractivity contribution in [3.63, 3.8) is 0 Å². The fourth-order valence-corrected chi connectivity index (χ4v) is 4.83. The number of hydrogen-bond acceptors (Lipinski definition) is 3. The van der Waals surface area contributed by atoms with Gasteiger partial charge in [0, 0.05) is 18.3 Å². The van der Waals surface area contributed by atoms with E-state index in [2.05, 4.69) is 5.32 Å². The van der Waals surface area contributed by atoms with Gasteiger partial charge in [-0.3, -0.25) is 9.10 Å². The summed E-state index contributed by atoms with van der Waals surface area (Å²) >= 11 is 0. The lowest BCUT2D eigenvalue weighted by atomic mass is 10.1. The summed E-state index contributed by atoms with van der Waals surface area (Å²) in [5, 5.41) is 2.88. The van der Waals surface area contributed by atoms with E-state index in [1.54, 1.807) is 36.4 Å². The van der Waals surface area contributed by atoms with E-state index < -0.39 is 10.0 Å². The number of carbonyl (C=O) groups excluding carboxylic acids is 1. The van der Waals surface area contributed by atoms with Gasteiger partial charge in [0.05, 0.1) is 10.6 Å². The maximum atomic E-state index is 13.0. The van der Waals surface area contributed by atoms with Crippen molar-refractivity contribution in [2.45, 2.75) is 24.2 Å². The van der Waals surface area contributed by atoms with Crippen LogP contribution >= 0.6 is 0 Å². The van der Waals surface area contributed by atoms with Crippen molar-refractivity contribution >= 4 is 27.3 Å². The largest absolute Gasteiger partial charge is 0.322 e. The van der Waals surface area contributed by atoms with Gasteiger partial charge in [-0.2, -0.15) is 0 Å².